The fraction of sp³-hybridized carbons (Fsp3) is 0.391. The van der Waals surface area contributed by atoms with Crippen molar-refractivity contribution in [1.29, 1.82) is 0 Å². The lowest BCUT2D eigenvalue weighted by atomic mass is 10.0. The molecule has 3 amide bonds. The molecule has 2 N–H and O–H groups in total. The summed E-state index contributed by atoms with van der Waals surface area (Å²) in [7, 11) is 0. The highest BCUT2D eigenvalue weighted by Gasteiger charge is 2.35. The highest BCUT2D eigenvalue weighted by atomic mass is 16.2. The second kappa shape index (κ2) is 8.46. The Morgan fingerprint density at radius 1 is 1.00 bits per heavy atom. The molecule has 5 nitrogen and oxygen atoms in total. The van der Waals surface area contributed by atoms with Gasteiger partial charge in [0.1, 0.15) is 0 Å². The van der Waals surface area contributed by atoms with Gasteiger partial charge in [0.05, 0.1) is 5.69 Å². The van der Waals surface area contributed by atoms with E-state index in [9.17, 15) is 9.59 Å². The number of nitrogens with zero attached hydrogens (tertiary/aromatic N) is 1. The predicted molar refractivity (Wildman–Crippen MR) is 111 cm³/mol. The Labute approximate surface area is 166 Å². The highest BCUT2D eigenvalue weighted by Crippen LogP contribution is 2.29. The van der Waals surface area contributed by atoms with E-state index in [4.69, 9.17) is 0 Å². The molecule has 1 saturated carbocycles. The van der Waals surface area contributed by atoms with E-state index in [1.807, 2.05) is 59.5 Å². The van der Waals surface area contributed by atoms with E-state index in [0.29, 0.717) is 19.0 Å². The van der Waals surface area contributed by atoms with Crippen LogP contribution in [0.5, 0.6) is 0 Å². The Morgan fingerprint density at radius 3 is 2.50 bits per heavy atom. The maximum Gasteiger partial charge on any atom is 0.319 e. The molecule has 1 aliphatic heterocycles. The topological polar surface area (TPSA) is 61.4 Å². The summed E-state index contributed by atoms with van der Waals surface area (Å²) in [5.74, 6) is 0.441. The molecule has 2 aromatic carbocycles. The first kappa shape index (κ1) is 18.5. The average Bonchev–Trinajstić information content (AvgIpc) is 3.37. The third-order valence-electron chi connectivity index (χ3n) is 5.82. The lowest BCUT2D eigenvalue weighted by Gasteiger charge is -2.24. The van der Waals surface area contributed by atoms with Gasteiger partial charge in [-0.1, -0.05) is 61.4 Å². The van der Waals surface area contributed by atoms with Gasteiger partial charge < -0.3 is 15.5 Å². The minimum absolute atomic E-state index is 0.197. The van der Waals surface area contributed by atoms with Crippen molar-refractivity contribution in [3.8, 4) is 11.1 Å². The molecular weight excluding hydrogens is 350 g/mol. The number of para-hydroxylation sites is 1. The molecule has 1 unspecified atom stereocenters. The van der Waals surface area contributed by atoms with Crippen LogP contribution in [0.15, 0.2) is 54.6 Å². The van der Waals surface area contributed by atoms with E-state index in [2.05, 4.69) is 10.6 Å². The Bertz CT molecular complexity index is 831. The number of carbonyl (C=O) groups excluding carboxylic acids is 2. The van der Waals surface area contributed by atoms with Crippen molar-refractivity contribution >= 4 is 17.6 Å². The van der Waals surface area contributed by atoms with E-state index >= 15 is 0 Å². The van der Waals surface area contributed by atoms with Crippen molar-refractivity contribution in [1.82, 2.24) is 10.2 Å². The van der Waals surface area contributed by atoms with E-state index in [1.54, 1.807) is 0 Å². The largest absolute Gasteiger partial charge is 0.339 e. The number of rotatable bonds is 5. The van der Waals surface area contributed by atoms with Crippen LogP contribution in [0.25, 0.3) is 11.1 Å². The zero-order valence-corrected chi connectivity index (χ0v) is 16.1. The minimum Gasteiger partial charge on any atom is -0.339 e. The zero-order valence-electron chi connectivity index (χ0n) is 16.1. The molecule has 1 aliphatic carbocycles. The normalized spacial score (nSPS) is 19.8. The third kappa shape index (κ3) is 4.19. The molecule has 28 heavy (non-hydrogen) atoms. The van der Waals surface area contributed by atoms with E-state index in [0.717, 1.165) is 36.2 Å². The van der Waals surface area contributed by atoms with Crippen LogP contribution in [-0.4, -0.2) is 36.0 Å². The van der Waals surface area contributed by atoms with Crippen molar-refractivity contribution in [3.05, 3.63) is 54.6 Å². The van der Waals surface area contributed by atoms with Crippen molar-refractivity contribution in [2.45, 2.75) is 38.1 Å². The maximum absolute atomic E-state index is 12.5. The summed E-state index contributed by atoms with van der Waals surface area (Å²) in [6, 6.07) is 18.0. The quantitative estimate of drug-likeness (QED) is 0.818. The van der Waals surface area contributed by atoms with Crippen LogP contribution in [-0.2, 0) is 4.79 Å². The number of benzene rings is 2. The fourth-order valence-corrected chi connectivity index (χ4v) is 4.38. The van der Waals surface area contributed by atoms with E-state index in [1.165, 1.54) is 12.8 Å². The molecular formula is C23H27N3O2. The predicted octanol–water partition coefficient (Wildman–Crippen LogP) is 4.27. The minimum atomic E-state index is -0.227. The van der Waals surface area contributed by atoms with Crippen molar-refractivity contribution in [3.63, 3.8) is 0 Å². The van der Waals surface area contributed by atoms with Crippen LogP contribution >= 0.6 is 0 Å². The smallest absolute Gasteiger partial charge is 0.319 e. The van der Waals surface area contributed by atoms with Gasteiger partial charge in [0, 0.05) is 37.0 Å². The Kier molecular flexibility index (Phi) is 5.60. The number of carbonyl (C=O) groups is 2. The first-order valence-electron chi connectivity index (χ1n) is 10.2. The lowest BCUT2D eigenvalue weighted by molar-refractivity contribution is -0.129. The average molecular weight is 377 g/mol. The summed E-state index contributed by atoms with van der Waals surface area (Å²) in [4.78, 5) is 26.8. The first-order chi connectivity index (χ1) is 13.7. The van der Waals surface area contributed by atoms with Gasteiger partial charge in [-0.25, -0.2) is 4.79 Å². The summed E-state index contributed by atoms with van der Waals surface area (Å²) >= 11 is 0. The van der Waals surface area contributed by atoms with Crippen LogP contribution in [0.4, 0.5) is 10.5 Å². The van der Waals surface area contributed by atoms with Gasteiger partial charge in [-0.3, -0.25) is 4.79 Å². The molecule has 5 heteroatoms. The summed E-state index contributed by atoms with van der Waals surface area (Å²) in [5, 5.41) is 5.92. The lowest BCUT2D eigenvalue weighted by Crippen LogP contribution is -2.37. The van der Waals surface area contributed by atoms with Gasteiger partial charge in [-0.15, -0.1) is 0 Å². The number of amides is 3. The highest BCUT2D eigenvalue weighted by molar-refractivity contribution is 5.94. The van der Waals surface area contributed by atoms with Gasteiger partial charge in [0.15, 0.2) is 0 Å². The van der Waals surface area contributed by atoms with Crippen molar-refractivity contribution in [2.24, 2.45) is 5.92 Å². The molecule has 0 radical (unpaired) electrons. The summed E-state index contributed by atoms with van der Waals surface area (Å²) in [6.45, 7) is 1.29. The fourth-order valence-electron chi connectivity index (χ4n) is 4.38. The number of urea groups is 1. The molecule has 1 atom stereocenters. The Morgan fingerprint density at radius 2 is 1.71 bits per heavy atom. The first-order valence-corrected chi connectivity index (χ1v) is 10.2. The van der Waals surface area contributed by atoms with Gasteiger partial charge in [-0.2, -0.15) is 0 Å². The molecule has 2 fully saturated rings. The van der Waals surface area contributed by atoms with Crippen LogP contribution in [0.3, 0.4) is 0 Å². The molecule has 2 aliphatic rings. The number of likely N-dealkylation sites (tertiary alicyclic amines) is 1. The molecule has 146 valence electrons. The number of hydrogen-bond acceptors (Lipinski definition) is 2. The maximum atomic E-state index is 12.5. The summed E-state index contributed by atoms with van der Waals surface area (Å²) in [5.41, 5.74) is 2.83. The SMILES string of the molecule is O=C(NCC1CC(=O)N(C2CCCC2)C1)Nc1ccccc1-c1ccccc1. The third-order valence-corrected chi connectivity index (χ3v) is 5.82. The van der Waals surface area contributed by atoms with Crippen molar-refractivity contribution in [2.75, 3.05) is 18.4 Å². The van der Waals surface area contributed by atoms with E-state index in [-0.39, 0.29) is 17.9 Å². The monoisotopic (exact) mass is 377 g/mol. The Balaban J connectivity index is 1.33. The summed E-state index contributed by atoms with van der Waals surface area (Å²) in [6.07, 6.45) is 5.24. The number of anilines is 1. The van der Waals surface area contributed by atoms with Gasteiger partial charge in [0.25, 0.3) is 0 Å². The molecule has 1 heterocycles. The second-order valence-electron chi connectivity index (χ2n) is 7.80. The second-order valence-corrected chi connectivity index (χ2v) is 7.80. The van der Waals surface area contributed by atoms with Gasteiger partial charge in [-0.05, 0) is 24.5 Å². The van der Waals surface area contributed by atoms with Crippen LogP contribution in [0.1, 0.15) is 32.1 Å². The van der Waals surface area contributed by atoms with E-state index < -0.39 is 0 Å². The number of hydrogen-bond donors (Lipinski definition) is 2. The molecule has 0 aromatic heterocycles. The van der Waals surface area contributed by atoms with Gasteiger partial charge >= 0.3 is 6.03 Å². The molecule has 0 bridgehead atoms. The molecule has 2 aromatic rings. The zero-order chi connectivity index (χ0) is 19.3. The van der Waals surface area contributed by atoms with Crippen LogP contribution < -0.4 is 10.6 Å². The van der Waals surface area contributed by atoms with Crippen LogP contribution in [0, 0.1) is 5.92 Å². The Hall–Kier alpha value is -2.82. The number of nitrogens with one attached hydrogen (secondary N) is 2. The summed E-state index contributed by atoms with van der Waals surface area (Å²) < 4.78 is 0. The molecule has 1 saturated heterocycles. The van der Waals surface area contributed by atoms with Crippen molar-refractivity contribution < 1.29 is 9.59 Å². The van der Waals surface area contributed by atoms with Crippen LogP contribution in [0.2, 0.25) is 0 Å². The molecule has 4 rings (SSSR count). The van der Waals surface area contributed by atoms with Gasteiger partial charge in [0.2, 0.25) is 5.91 Å². The molecule has 0 spiro atoms. The standard InChI is InChI=1S/C23H27N3O2/c27-22-14-17(16-26(22)19-10-4-5-11-19)15-24-23(28)25-21-13-7-6-12-20(21)18-8-2-1-3-9-18/h1-3,6-9,12-13,17,19H,4-5,10-11,14-16H2,(H2,24,25,28).